The summed E-state index contributed by atoms with van der Waals surface area (Å²) in [6.45, 7) is 1.83. The van der Waals surface area contributed by atoms with Crippen molar-refractivity contribution in [3.05, 3.63) is 81.8 Å². The molecule has 28 heavy (non-hydrogen) atoms. The van der Waals surface area contributed by atoms with Crippen molar-refractivity contribution in [2.24, 2.45) is 7.05 Å². The van der Waals surface area contributed by atoms with Crippen molar-refractivity contribution < 1.29 is 4.79 Å². The number of carbonyl (C=O) groups is 1. The Kier molecular flexibility index (Phi) is 5.37. The molecular formula is C21H21N3O2S2. The van der Waals surface area contributed by atoms with E-state index in [1.54, 1.807) is 9.36 Å². The molecule has 5 nitrogen and oxygen atoms in total. The van der Waals surface area contributed by atoms with Gasteiger partial charge in [0, 0.05) is 24.1 Å². The highest BCUT2D eigenvalue weighted by molar-refractivity contribution is 8.19. The molecule has 0 aliphatic carbocycles. The summed E-state index contributed by atoms with van der Waals surface area (Å²) in [5.74, 6) is 2.06. The Labute approximate surface area is 172 Å². The Bertz CT molecular complexity index is 1050. The lowest BCUT2D eigenvalue weighted by Gasteiger charge is -2.09. The molecule has 0 atom stereocenters. The molecule has 0 spiro atoms. The number of thioether (sulfide) groups is 2. The highest BCUT2D eigenvalue weighted by Crippen LogP contribution is 2.45. The summed E-state index contributed by atoms with van der Waals surface area (Å²) in [6.07, 6.45) is 0. The fourth-order valence-corrected chi connectivity index (χ4v) is 6.10. The first kappa shape index (κ1) is 19.0. The second-order valence-electron chi connectivity index (χ2n) is 6.59. The van der Waals surface area contributed by atoms with E-state index in [2.05, 4.69) is 5.32 Å². The Morgan fingerprint density at radius 3 is 2.32 bits per heavy atom. The van der Waals surface area contributed by atoms with Crippen molar-refractivity contribution >= 4 is 35.1 Å². The molecular weight excluding hydrogens is 390 g/mol. The SMILES string of the molecule is Cc1c(NC(=O)c2ccc(C3SCCS3)cc2)c(=O)n(-c2ccccc2)n1C. The van der Waals surface area contributed by atoms with Crippen LogP contribution in [0.4, 0.5) is 5.69 Å². The van der Waals surface area contributed by atoms with Crippen molar-refractivity contribution in [2.45, 2.75) is 11.5 Å². The molecule has 0 saturated carbocycles. The maximum absolute atomic E-state index is 12.9. The number of para-hydroxylation sites is 1. The minimum absolute atomic E-state index is 0.241. The molecule has 1 aliphatic rings. The Morgan fingerprint density at radius 2 is 1.68 bits per heavy atom. The van der Waals surface area contributed by atoms with Gasteiger partial charge in [0.05, 0.1) is 16.0 Å². The number of anilines is 1. The molecule has 0 bridgehead atoms. The predicted molar refractivity (Wildman–Crippen MR) is 118 cm³/mol. The molecule has 4 rings (SSSR count). The number of rotatable bonds is 4. The molecule has 7 heteroatoms. The van der Waals surface area contributed by atoms with Gasteiger partial charge in [0.1, 0.15) is 5.69 Å². The van der Waals surface area contributed by atoms with Crippen LogP contribution in [0.2, 0.25) is 0 Å². The smallest absolute Gasteiger partial charge is 0.295 e. The summed E-state index contributed by atoms with van der Waals surface area (Å²) in [7, 11) is 1.81. The Balaban J connectivity index is 1.59. The van der Waals surface area contributed by atoms with Crippen LogP contribution < -0.4 is 10.9 Å². The van der Waals surface area contributed by atoms with Crippen LogP contribution in [0.25, 0.3) is 5.69 Å². The van der Waals surface area contributed by atoms with Crippen LogP contribution in [-0.2, 0) is 7.05 Å². The van der Waals surface area contributed by atoms with Crippen LogP contribution in [0.1, 0.15) is 26.2 Å². The number of aromatic nitrogens is 2. The van der Waals surface area contributed by atoms with Gasteiger partial charge < -0.3 is 5.32 Å². The zero-order chi connectivity index (χ0) is 19.7. The van der Waals surface area contributed by atoms with Crippen molar-refractivity contribution in [1.82, 2.24) is 9.36 Å². The third-order valence-electron chi connectivity index (χ3n) is 4.86. The van der Waals surface area contributed by atoms with E-state index < -0.39 is 0 Å². The second kappa shape index (κ2) is 7.93. The van der Waals surface area contributed by atoms with E-state index in [9.17, 15) is 9.59 Å². The topological polar surface area (TPSA) is 56.0 Å². The standard InChI is InChI=1S/C21H21N3O2S2/c1-14-18(20(26)24(23(14)2)17-6-4-3-5-7-17)22-19(25)15-8-10-16(11-9-15)21-27-12-13-28-21/h3-11,21H,12-13H2,1-2H3,(H,22,25). The third-order valence-corrected chi connectivity index (χ3v) is 7.96. The second-order valence-corrected chi connectivity index (χ2v) is 9.31. The van der Waals surface area contributed by atoms with Gasteiger partial charge in [0.2, 0.25) is 0 Å². The average molecular weight is 412 g/mol. The summed E-state index contributed by atoms with van der Waals surface area (Å²) in [4.78, 5) is 25.7. The quantitative estimate of drug-likeness (QED) is 0.699. The zero-order valence-electron chi connectivity index (χ0n) is 15.7. The number of nitrogens with zero attached hydrogens (tertiary/aromatic N) is 2. The lowest BCUT2D eigenvalue weighted by molar-refractivity contribution is 0.102. The molecule has 3 aromatic rings. The van der Waals surface area contributed by atoms with E-state index >= 15 is 0 Å². The molecule has 0 radical (unpaired) electrons. The molecule has 1 saturated heterocycles. The van der Waals surface area contributed by atoms with Crippen LogP contribution in [0.5, 0.6) is 0 Å². The molecule has 1 amide bonds. The van der Waals surface area contributed by atoms with Gasteiger partial charge in [-0.1, -0.05) is 30.3 Å². The predicted octanol–water partition coefficient (Wildman–Crippen LogP) is 4.22. The number of hydrogen-bond donors (Lipinski definition) is 1. The fraction of sp³-hybridized carbons (Fsp3) is 0.238. The third kappa shape index (κ3) is 3.52. The van der Waals surface area contributed by atoms with Gasteiger partial charge in [-0.05, 0) is 36.8 Å². The first-order valence-corrected chi connectivity index (χ1v) is 11.1. The van der Waals surface area contributed by atoms with Crippen LogP contribution in [0, 0.1) is 6.92 Å². The highest BCUT2D eigenvalue weighted by atomic mass is 32.2. The number of carbonyl (C=O) groups excluding carboxylic acids is 1. The van der Waals surface area contributed by atoms with E-state index in [0.717, 1.165) is 5.69 Å². The molecule has 1 aromatic heterocycles. The largest absolute Gasteiger partial charge is 0.316 e. The average Bonchev–Trinajstić information content (AvgIpc) is 3.33. The van der Waals surface area contributed by atoms with E-state index in [1.165, 1.54) is 17.1 Å². The van der Waals surface area contributed by atoms with E-state index in [4.69, 9.17) is 0 Å². The van der Waals surface area contributed by atoms with Crippen molar-refractivity contribution in [3.8, 4) is 5.69 Å². The number of hydrogen-bond acceptors (Lipinski definition) is 4. The summed E-state index contributed by atoms with van der Waals surface area (Å²) in [5.41, 5.74) is 3.31. The van der Waals surface area contributed by atoms with Gasteiger partial charge in [0.25, 0.3) is 11.5 Å². The first-order chi connectivity index (χ1) is 13.6. The van der Waals surface area contributed by atoms with Crippen molar-refractivity contribution in [1.29, 1.82) is 0 Å². The van der Waals surface area contributed by atoms with Crippen LogP contribution in [0.15, 0.2) is 59.4 Å². The van der Waals surface area contributed by atoms with Crippen LogP contribution in [0.3, 0.4) is 0 Å². The molecule has 0 unspecified atom stereocenters. The lowest BCUT2D eigenvalue weighted by Crippen LogP contribution is -2.22. The summed E-state index contributed by atoms with van der Waals surface area (Å²) >= 11 is 3.87. The van der Waals surface area contributed by atoms with Gasteiger partial charge in [0.15, 0.2) is 0 Å². The molecule has 1 fully saturated rings. The van der Waals surface area contributed by atoms with Gasteiger partial charge in [-0.2, -0.15) is 0 Å². The summed E-state index contributed by atoms with van der Waals surface area (Å²) < 4.78 is 3.76. The van der Waals surface area contributed by atoms with Crippen molar-refractivity contribution in [2.75, 3.05) is 16.8 Å². The maximum atomic E-state index is 12.9. The minimum Gasteiger partial charge on any atom is -0.316 e. The number of nitrogens with one attached hydrogen (secondary N) is 1. The van der Waals surface area contributed by atoms with Gasteiger partial charge >= 0.3 is 0 Å². The fourth-order valence-electron chi connectivity index (χ4n) is 3.24. The first-order valence-electron chi connectivity index (χ1n) is 9.05. The Morgan fingerprint density at radius 1 is 1.04 bits per heavy atom. The monoisotopic (exact) mass is 411 g/mol. The normalized spacial score (nSPS) is 14.4. The van der Waals surface area contributed by atoms with E-state index in [1.807, 2.05) is 92.1 Å². The maximum Gasteiger partial charge on any atom is 0.295 e. The zero-order valence-corrected chi connectivity index (χ0v) is 17.3. The minimum atomic E-state index is -0.274. The molecule has 1 aliphatic heterocycles. The van der Waals surface area contributed by atoms with Crippen LogP contribution in [-0.4, -0.2) is 26.8 Å². The molecule has 1 N–H and O–H groups in total. The molecule has 2 heterocycles. The van der Waals surface area contributed by atoms with Crippen LogP contribution >= 0.6 is 23.5 Å². The van der Waals surface area contributed by atoms with Gasteiger partial charge in [-0.25, -0.2) is 4.68 Å². The van der Waals surface area contributed by atoms with E-state index in [-0.39, 0.29) is 11.5 Å². The molecule has 144 valence electrons. The van der Waals surface area contributed by atoms with Crippen molar-refractivity contribution in [3.63, 3.8) is 0 Å². The molecule has 2 aromatic carbocycles. The number of benzene rings is 2. The summed E-state index contributed by atoms with van der Waals surface area (Å²) in [6, 6.07) is 17.1. The summed E-state index contributed by atoms with van der Waals surface area (Å²) in [5, 5.41) is 2.81. The lowest BCUT2D eigenvalue weighted by atomic mass is 10.1. The van der Waals surface area contributed by atoms with E-state index in [0.29, 0.717) is 21.5 Å². The highest BCUT2D eigenvalue weighted by Gasteiger charge is 2.20. The van der Waals surface area contributed by atoms with Gasteiger partial charge in [-0.3, -0.25) is 14.3 Å². The number of amides is 1. The van der Waals surface area contributed by atoms with Gasteiger partial charge in [-0.15, -0.1) is 23.5 Å². The Hall–Kier alpha value is -2.38.